The summed E-state index contributed by atoms with van der Waals surface area (Å²) < 4.78 is 0. The van der Waals surface area contributed by atoms with E-state index in [4.69, 9.17) is 29.9 Å². The van der Waals surface area contributed by atoms with E-state index in [9.17, 15) is 0 Å². The quantitative estimate of drug-likeness (QED) is 0.208. The largest absolute Gasteiger partial charge is 0.271 e. The maximum absolute atomic E-state index is 4.98. The van der Waals surface area contributed by atoms with Crippen molar-refractivity contribution in [1.29, 1.82) is 0 Å². The summed E-state index contributed by atoms with van der Waals surface area (Å²) in [6.45, 7) is 13.1. The zero-order chi connectivity index (χ0) is 31.4. The van der Waals surface area contributed by atoms with E-state index in [-0.39, 0.29) is 16.6 Å². The highest BCUT2D eigenvalue weighted by Crippen LogP contribution is 2.34. The first-order chi connectivity index (χ1) is 21.4. The SMILES string of the molecule is CC1(C)CSC(c2ccc(-c3nc(-c4ccc(C5=NC(C)(C)CS5)cc4)nc(-c4ccc(C5=NC(C)(C)CS5)cc4)n3)cc2)=N1. The number of hydrogen-bond donors (Lipinski definition) is 0. The van der Waals surface area contributed by atoms with Crippen LogP contribution in [0.15, 0.2) is 87.8 Å². The normalized spacial score (nSPS) is 19.7. The summed E-state index contributed by atoms with van der Waals surface area (Å²) >= 11 is 5.44. The fraction of sp³-hybridized carbons (Fsp3) is 0.333. The fourth-order valence-corrected chi connectivity index (χ4v) is 8.75. The molecule has 0 spiro atoms. The van der Waals surface area contributed by atoms with Crippen LogP contribution in [0.1, 0.15) is 58.2 Å². The van der Waals surface area contributed by atoms with Crippen molar-refractivity contribution in [2.24, 2.45) is 15.0 Å². The number of hydrogen-bond acceptors (Lipinski definition) is 9. The molecule has 0 unspecified atom stereocenters. The van der Waals surface area contributed by atoms with Crippen molar-refractivity contribution < 1.29 is 0 Å². The van der Waals surface area contributed by atoms with Crippen LogP contribution in [0.5, 0.6) is 0 Å². The lowest BCUT2D eigenvalue weighted by Crippen LogP contribution is -2.15. The van der Waals surface area contributed by atoms with Crippen molar-refractivity contribution in [3.63, 3.8) is 0 Å². The Hall–Kier alpha value is -3.27. The predicted molar refractivity (Wildman–Crippen MR) is 195 cm³/mol. The van der Waals surface area contributed by atoms with Gasteiger partial charge < -0.3 is 0 Å². The van der Waals surface area contributed by atoms with Gasteiger partial charge in [0.15, 0.2) is 17.5 Å². The molecule has 0 fully saturated rings. The molecule has 0 bridgehead atoms. The predicted octanol–water partition coefficient (Wildman–Crippen LogP) is 8.69. The lowest BCUT2D eigenvalue weighted by molar-refractivity contribution is 0.605. The number of rotatable bonds is 6. The molecule has 0 radical (unpaired) electrons. The van der Waals surface area contributed by atoms with E-state index in [2.05, 4.69) is 114 Å². The molecule has 45 heavy (non-hydrogen) atoms. The van der Waals surface area contributed by atoms with Crippen molar-refractivity contribution >= 4 is 50.4 Å². The van der Waals surface area contributed by atoms with Crippen molar-refractivity contribution in [1.82, 2.24) is 15.0 Å². The van der Waals surface area contributed by atoms with Crippen molar-refractivity contribution in [3.8, 4) is 34.2 Å². The van der Waals surface area contributed by atoms with E-state index in [0.717, 1.165) is 65.8 Å². The molecule has 0 atom stereocenters. The minimum atomic E-state index is -0.0275. The van der Waals surface area contributed by atoms with Gasteiger partial charge in [-0.15, -0.1) is 35.3 Å². The molecule has 4 heterocycles. The van der Waals surface area contributed by atoms with Gasteiger partial charge in [-0.2, -0.15) is 0 Å². The first-order valence-electron chi connectivity index (χ1n) is 15.2. The Morgan fingerprint density at radius 3 is 0.800 bits per heavy atom. The lowest BCUT2D eigenvalue weighted by Gasteiger charge is -2.10. The number of benzene rings is 3. The van der Waals surface area contributed by atoms with Crippen LogP contribution < -0.4 is 0 Å². The highest BCUT2D eigenvalue weighted by molar-refractivity contribution is 8.15. The fourth-order valence-electron chi connectivity index (χ4n) is 5.25. The molecular formula is C36H36N6S3. The standard InChI is InChI=1S/C36H36N6S3/c1-34(2)19-43-31(40-34)25-13-7-22(8-14-25)28-37-29(23-9-15-26(16-10-23)32-41-35(3,4)20-44-32)39-30(38-28)24-11-17-27(18-12-24)33-42-36(5,6)21-45-33/h7-18H,19-21H2,1-6H3. The number of aliphatic imine (C=N–C) groups is 3. The molecule has 6 nitrogen and oxygen atoms in total. The van der Waals surface area contributed by atoms with E-state index in [1.165, 1.54) is 0 Å². The van der Waals surface area contributed by atoms with Crippen LogP contribution in [0.4, 0.5) is 0 Å². The van der Waals surface area contributed by atoms with Gasteiger partial charge in [0.1, 0.15) is 0 Å². The van der Waals surface area contributed by atoms with E-state index >= 15 is 0 Å². The highest BCUT2D eigenvalue weighted by Gasteiger charge is 2.28. The summed E-state index contributed by atoms with van der Waals surface area (Å²) in [7, 11) is 0. The third-order valence-corrected chi connectivity index (χ3v) is 12.1. The van der Waals surface area contributed by atoms with Crippen LogP contribution in [0, 0.1) is 0 Å². The van der Waals surface area contributed by atoms with Gasteiger partial charge in [-0.3, -0.25) is 15.0 Å². The summed E-state index contributed by atoms with van der Waals surface area (Å²) in [5, 5.41) is 3.27. The molecule has 3 aliphatic heterocycles. The van der Waals surface area contributed by atoms with Crippen molar-refractivity contribution in [3.05, 3.63) is 89.5 Å². The second kappa shape index (κ2) is 11.5. The molecule has 228 valence electrons. The maximum Gasteiger partial charge on any atom is 0.164 e. The van der Waals surface area contributed by atoms with Crippen LogP contribution >= 0.6 is 35.3 Å². The third-order valence-electron chi connectivity index (χ3n) is 7.70. The van der Waals surface area contributed by atoms with Gasteiger partial charge in [0.05, 0.1) is 31.7 Å². The molecule has 7 rings (SSSR count). The van der Waals surface area contributed by atoms with E-state index < -0.39 is 0 Å². The molecule has 9 heteroatoms. The average Bonchev–Trinajstić information content (AvgIpc) is 3.71. The second-order valence-electron chi connectivity index (χ2n) is 13.6. The Labute approximate surface area is 278 Å². The summed E-state index contributed by atoms with van der Waals surface area (Å²) in [6, 6.07) is 25.3. The van der Waals surface area contributed by atoms with Gasteiger partial charge >= 0.3 is 0 Å². The zero-order valence-electron chi connectivity index (χ0n) is 26.5. The number of aromatic nitrogens is 3. The topological polar surface area (TPSA) is 75.8 Å². The van der Waals surface area contributed by atoms with Crippen LogP contribution in [-0.2, 0) is 0 Å². The monoisotopic (exact) mass is 648 g/mol. The minimum absolute atomic E-state index is 0.0275. The van der Waals surface area contributed by atoms with Gasteiger partial charge in [-0.25, -0.2) is 15.0 Å². The molecule has 0 N–H and O–H groups in total. The molecule has 3 aromatic carbocycles. The van der Waals surface area contributed by atoms with E-state index in [1.807, 2.05) is 35.3 Å². The average molecular weight is 649 g/mol. The Balaban J connectivity index is 1.25. The summed E-state index contributed by atoms with van der Waals surface area (Å²) in [4.78, 5) is 29.7. The minimum Gasteiger partial charge on any atom is -0.271 e. The summed E-state index contributed by atoms with van der Waals surface area (Å²) in [6.07, 6.45) is 0. The van der Waals surface area contributed by atoms with E-state index in [1.54, 1.807) is 0 Å². The molecule has 1 aromatic heterocycles. The summed E-state index contributed by atoms with van der Waals surface area (Å²) in [5.74, 6) is 4.92. The Kier molecular flexibility index (Phi) is 7.77. The van der Waals surface area contributed by atoms with Gasteiger partial charge in [0, 0.05) is 50.6 Å². The lowest BCUT2D eigenvalue weighted by atomic mass is 10.1. The molecule has 0 saturated carbocycles. The van der Waals surface area contributed by atoms with Crippen molar-refractivity contribution in [2.45, 2.75) is 58.2 Å². The zero-order valence-corrected chi connectivity index (χ0v) is 28.9. The van der Waals surface area contributed by atoms with Crippen LogP contribution in [0.25, 0.3) is 34.2 Å². The second-order valence-corrected chi connectivity index (χ2v) is 16.5. The summed E-state index contributed by atoms with van der Waals surface area (Å²) in [5.41, 5.74) is 6.12. The van der Waals surface area contributed by atoms with E-state index in [0.29, 0.717) is 17.5 Å². The molecule has 0 amide bonds. The molecule has 0 saturated heterocycles. The molecule has 3 aliphatic rings. The van der Waals surface area contributed by atoms with Crippen molar-refractivity contribution in [2.75, 3.05) is 17.3 Å². The maximum atomic E-state index is 4.98. The molecule has 4 aromatic rings. The smallest absolute Gasteiger partial charge is 0.164 e. The first-order valence-corrected chi connectivity index (χ1v) is 18.1. The Morgan fingerprint density at radius 1 is 0.378 bits per heavy atom. The molecular weight excluding hydrogens is 613 g/mol. The first kappa shape index (κ1) is 30.4. The van der Waals surface area contributed by atoms with Gasteiger partial charge in [0.2, 0.25) is 0 Å². The highest BCUT2D eigenvalue weighted by atomic mass is 32.2. The van der Waals surface area contributed by atoms with Crippen LogP contribution in [0.2, 0.25) is 0 Å². The van der Waals surface area contributed by atoms with Crippen LogP contribution in [-0.4, -0.2) is 64.0 Å². The third kappa shape index (κ3) is 6.67. The van der Waals surface area contributed by atoms with Gasteiger partial charge in [0.25, 0.3) is 0 Å². The van der Waals surface area contributed by atoms with Gasteiger partial charge in [-0.1, -0.05) is 72.8 Å². The number of nitrogens with zero attached hydrogens (tertiary/aromatic N) is 6. The number of thioether (sulfide) groups is 3. The Morgan fingerprint density at radius 2 is 0.600 bits per heavy atom. The molecule has 0 aliphatic carbocycles. The van der Waals surface area contributed by atoms with Gasteiger partial charge in [-0.05, 0) is 41.5 Å². The van der Waals surface area contributed by atoms with Crippen LogP contribution in [0.3, 0.4) is 0 Å². The Bertz CT molecular complexity index is 1620.